The molecule has 0 aromatic carbocycles. The first-order valence-corrected chi connectivity index (χ1v) is 13.8. The number of esters is 1. The lowest BCUT2D eigenvalue weighted by Crippen LogP contribution is -2.18. The molecule has 11 heteroatoms. The van der Waals surface area contributed by atoms with Gasteiger partial charge in [-0.2, -0.15) is 5.10 Å². The molecule has 1 atom stereocenters. The molecular formula is C24H32N6O3S2. The molecule has 0 fully saturated rings. The Balaban J connectivity index is 1.49. The number of carbonyl (C=O) groups excluding carboxylic acids is 2. The minimum atomic E-state index is -0.357. The van der Waals surface area contributed by atoms with Gasteiger partial charge in [-0.1, -0.05) is 25.1 Å². The Morgan fingerprint density at radius 1 is 1.29 bits per heavy atom. The average molecular weight is 517 g/mol. The number of carbonyl (C=O) groups is 2. The summed E-state index contributed by atoms with van der Waals surface area (Å²) in [6, 6.07) is 1.97. The Morgan fingerprint density at radius 2 is 2.09 bits per heavy atom. The van der Waals surface area contributed by atoms with Crippen LogP contribution in [0.2, 0.25) is 0 Å². The van der Waals surface area contributed by atoms with Crippen molar-refractivity contribution in [2.75, 3.05) is 17.7 Å². The van der Waals surface area contributed by atoms with Crippen molar-refractivity contribution >= 4 is 40.0 Å². The van der Waals surface area contributed by atoms with E-state index in [1.165, 1.54) is 28.0 Å². The first-order chi connectivity index (χ1) is 16.9. The topological polar surface area (TPSA) is 104 Å². The molecule has 1 aliphatic rings. The fraction of sp³-hybridized carbons (Fsp3) is 0.542. The third kappa shape index (κ3) is 5.30. The van der Waals surface area contributed by atoms with E-state index in [4.69, 9.17) is 4.74 Å². The van der Waals surface area contributed by atoms with Crippen LogP contribution in [0, 0.1) is 12.8 Å². The summed E-state index contributed by atoms with van der Waals surface area (Å²) in [4.78, 5) is 26.9. The van der Waals surface area contributed by atoms with Gasteiger partial charge in [0, 0.05) is 24.2 Å². The van der Waals surface area contributed by atoms with E-state index < -0.39 is 0 Å². The van der Waals surface area contributed by atoms with E-state index in [1.54, 1.807) is 11.6 Å². The highest BCUT2D eigenvalue weighted by Gasteiger charge is 2.30. The van der Waals surface area contributed by atoms with Crippen LogP contribution in [0.25, 0.3) is 11.5 Å². The minimum absolute atomic E-state index is 0.155. The normalized spacial score (nSPS) is 15.2. The van der Waals surface area contributed by atoms with Crippen LogP contribution in [0.4, 0.5) is 5.00 Å². The number of amides is 1. The van der Waals surface area contributed by atoms with Gasteiger partial charge in [0.25, 0.3) is 0 Å². The monoisotopic (exact) mass is 516 g/mol. The van der Waals surface area contributed by atoms with E-state index in [9.17, 15) is 9.59 Å². The van der Waals surface area contributed by atoms with Gasteiger partial charge < -0.3 is 14.6 Å². The van der Waals surface area contributed by atoms with Crippen LogP contribution < -0.4 is 5.32 Å². The maximum absolute atomic E-state index is 12.9. The number of nitrogens with zero attached hydrogens (tertiary/aromatic N) is 5. The van der Waals surface area contributed by atoms with Crippen molar-refractivity contribution in [3.63, 3.8) is 0 Å². The number of hydrogen-bond acceptors (Lipinski definition) is 8. The lowest BCUT2D eigenvalue weighted by atomic mass is 9.85. The summed E-state index contributed by atoms with van der Waals surface area (Å²) >= 11 is 2.83. The van der Waals surface area contributed by atoms with Crippen molar-refractivity contribution in [2.45, 2.75) is 65.1 Å². The number of aryl methyl sites for hydroxylation is 2. The van der Waals surface area contributed by atoms with E-state index >= 15 is 0 Å². The van der Waals surface area contributed by atoms with Gasteiger partial charge in [0.15, 0.2) is 11.0 Å². The molecular weight excluding hydrogens is 484 g/mol. The van der Waals surface area contributed by atoms with E-state index in [1.807, 2.05) is 31.5 Å². The molecule has 0 aliphatic heterocycles. The molecule has 1 N–H and O–H groups in total. The summed E-state index contributed by atoms with van der Waals surface area (Å²) < 4.78 is 9.08. The number of aromatic nitrogens is 5. The summed E-state index contributed by atoms with van der Waals surface area (Å²) in [5.41, 5.74) is 3.36. The molecule has 188 valence electrons. The second-order valence-electron chi connectivity index (χ2n) is 8.63. The maximum Gasteiger partial charge on any atom is 0.341 e. The Labute approximate surface area is 213 Å². The number of fused-ring (bicyclic) bond motifs is 1. The molecule has 1 aliphatic carbocycles. The molecule has 9 nitrogen and oxygen atoms in total. The lowest BCUT2D eigenvalue weighted by Gasteiger charge is -2.20. The highest BCUT2D eigenvalue weighted by atomic mass is 32.2. The van der Waals surface area contributed by atoms with Crippen LogP contribution >= 0.6 is 23.1 Å². The third-order valence-corrected chi connectivity index (χ3v) is 8.52. The van der Waals surface area contributed by atoms with E-state index in [-0.39, 0.29) is 17.6 Å². The first-order valence-electron chi connectivity index (χ1n) is 12.0. The molecule has 4 rings (SSSR count). The summed E-state index contributed by atoms with van der Waals surface area (Å²) in [7, 11) is 1.89. The van der Waals surface area contributed by atoms with Crippen molar-refractivity contribution < 1.29 is 14.3 Å². The van der Waals surface area contributed by atoms with Crippen LogP contribution in [0.3, 0.4) is 0 Å². The number of thioether (sulfide) groups is 1. The van der Waals surface area contributed by atoms with Gasteiger partial charge in [-0.25, -0.2) is 4.79 Å². The molecule has 0 bridgehead atoms. The number of hydrogen-bond donors (Lipinski definition) is 1. The molecule has 3 aromatic heterocycles. The van der Waals surface area contributed by atoms with Gasteiger partial charge in [-0.05, 0) is 57.6 Å². The van der Waals surface area contributed by atoms with Gasteiger partial charge >= 0.3 is 5.97 Å². The van der Waals surface area contributed by atoms with Gasteiger partial charge in [-0.15, -0.1) is 21.5 Å². The average Bonchev–Trinajstić information content (AvgIpc) is 3.51. The zero-order chi connectivity index (χ0) is 25.1. The highest BCUT2D eigenvalue weighted by Crippen LogP contribution is 2.41. The van der Waals surface area contributed by atoms with Crippen molar-refractivity contribution in [3.8, 4) is 11.5 Å². The number of rotatable bonds is 9. The molecule has 0 radical (unpaired) electrons. The standard InChI is InChI=1S/C24H32N6O3S2/c1-6-15-9-10-16-18(12-15)35-22(20(16)23(32)33-8-3)25-19(31)13-34-24-27-26-21(30(24)7-2)17-11-14(4)29(5)28-17/h11,15H,6-10,12-13H2,1-5H3,(H,25,31)/t15-/m1/s1. The maximum atomic E-state index is 12.9. The molecule has 1 amide bonds. The van der Waals surface area contributed by atoms with E-state index in [0.29, 0.717) is 40.6 Å². The molecule has 0 saturated carbocycles. The van der Waals surface area contributed by atoms with Crippen LogP contribution in [0.1, 0.15) is 60.1 Å². The summed E-state index contributed by atoms with van der Waals surface area (Å²) in [5.74, 6) is 0.908. The smallest absolute Gasteiger partial charge is 0.341 e. The van der Waals surface area contributed by atoms with Crippen LogP contribution in [0.5, 0.6) is 0 Å². The minimum Gasteiger partial charge on any atom is -0.462 e. The molecule has 35 heavy (non-hydrogen) atoms. The first kappa shape index (κ1) is 25.4. The Kier molecular flexibility index (Phi) is 7.95. The van der Waals surface area contributed by atoms with Crippen LogP contribution in [0.15, 0.2) is 11.2 Å². The van der Waals surface area contributed by atoms with Crippen LogP contribution in [-0.2, 0) is 36.0 Å². The van der Waals surface area contributed by atoms with Gasteiger partial charge in [0.05, 0.1) is 17.9 Å². The zero-order valence-electron chi connectivity index (χ0n) is 20.9. The predicted octanol–water partition coefficient (Wildman–Crippen LogP) is 4.49. The van der Waals surface area contributed by atoms with Gasteiger partial charge in [-0.3, -0.25) is 9.48 Å². The van der Waals surface area contributed by atoms with Crippen molar-refractivity contribution in [2.24, 2.45) is 13.0 Å². The summed E-state index contributed by atoms with van der Waals surface area (Å²) in [6.07, 6.45) is 3.96. The Hall–Kier alpha value is -2.66. The Morgan fingerprint density at radius 3 is 2.74 bits per heavy atom. The molecule has 3 heterocycles. The predicted molar refractivity (Wildman–Crippen MR) is 138 cm³/mol. The quantitative estimate of drug-likeness (QED) is 0.330. The third-order valence-electron chi connectivity index (χ3n) is 6.39. The number of nitrogens with one attached hydrogen (secondary N) is 1. The van der Waals surface area contributed by atoms with E-state index in [0.717, 1.165) is 42.6 Å². The summed E-state index contributed by atoms with van der Waals surface area (Å²) in [6.45, 7) is 8.95. The largest absolute Gasteiger partial charge is 0.462 e. The second kappa shape index (κ2) is 10.9. The van der Waals surface area contributed by atoms with E-state index in [2.05, 4.69) is 27.5 Å². The molecule has 3 aromatic rings. The molecule has 0 spiro atoms. The SMILES string of the molecule is CCOC(=O)c1c(NC(=O)CSc2nnc(-c3cc(C)n(C)n3)n2CC)sc2c1CC[C@@H](CC)C2. The number of thiophene rings is 1. The lowest BCUT2D eigenvalue weighted by molar-refractivity contribution is -0.113. The van der Waals surface area contributed by atoms with Crippen molar-refractivity contribution in [3.05, 3.63) is 27.8 Å². The van der Waals surface area contributed by atoms with Gasteiger partial charge in [0.2, 0.25) is 5.91 Å². The Bertz CT molecular complexity index is 1210. The van der Waals surface area contributed by atoms with Crippen LogP contribution in [-0.4, -0.2) is 48.8 Å². The van der Waals surface area contributed by atoms with Gasteiger partial charge in [0.1, 0.15) is 10.7 Å². The zero-order valence-corrected chi connectivity index (χ0v) is 22.5. The molecule has 0 unspecified atom stereocenters. The number of anilines is 1. The summed E-state index contributed by atoms with van der Waals surface area (Å²) in [5, 5.41) is 17.3. The molecule has 0 saturated heterocycles. The van der Waals surface area contributed by atoms with Crippen molar-refractivity contribution in [1.82, 2.24) is 24.5 Å². The number of ether oxygens (including phenoxy) is 1. The highest BCUT2D eigenvalue weighted by molar-refractivity contribution is 7.99. The van der Waals surface area contributed by atoms with Crippen molar-refractivity contribution in [1.29, 1.82) is 0 Å². The fourth-order valence-electron chi connectivity index (χ4n) is 4.34. The fourth-order valence-corrected chi connectivity index (χ4v) is 6.51. The second-order valence-corrected chi connectivity index (χ2v) is 10.7.